The molecule has 1 aliphatic rings. The van der Waals surface area contributed by atoms with Crippen molar-refractivity contribution in [1.82, 2.24) is 4.98 Å². The number of thiazole rings is 1. The Kier molecular flexibility index (Phi) is 6.30. The number of carbonyl (C=O) groups is 1. The van der Waals surface area contributed by atoms with Crippen molar-refractivity contribution in [2.75, 3.05) is 43.1 Å². The number of anilines is 3. The smallest absolute Gasteiger partial charge is 0.230 e. The number of aromatic nitrogens is 1. The molecule has 0 aliphatic carbocycles. The van der Waals surface area contributed by atoms with E-state index in [-0.39, 0.29) is 5.91 Å². The van der Waals surface area contributed by atoms with Gasteiger partial charge in [-0.25, -0.2) is 4.98 Å². The van der Waals surface area contributed by atoms with Crippen LogP contribution in [0.5, 0.6) is 5.75 Å². The molecular weight excluding hydrogens is 396 g/mol. The van der Waals surface area contributed by atoms with Gasteiger partial charge in [0.2, 0.25) is 5.91 Å². The summed E-state index contributed by atoms with van der Waals surface area (Å²) >= 11 is 1.53. The summed E-state index contributed by atoms with van der Waals surface area (Å²) in [6.07, 6.45) is 0. The maximum atomic E-state index is 12.2. The van der Waals surface area contributed by atoms with Crippen molar-refractivity contribution in [1.29, 1.82) is 0 Å². The number of ether oxygens (including phenoxy) is 1. The Labute approximate surface area is 181 Å². The number of piperazine rings is 1. The fourth-order valence-electron chi connectivity index (χ4n) is 3.81. The molecule has 4 rings (SSSR count). The van der Waals surface area contributed by atoms with Gasteiger partial charge in [0.1, 0.15) is 18.0 Å². The van der Waals surface area contributed by atoms with Crippen molar-refractivity contribution in [3.05, 3.63) is 65.7 Å². The highest BCUT2D eigenvalue weighted by atomic mass is 32.1. The van der Waals surface area contributed by atoms with Gasteiger partial charge in [-0.15, -0.1) is 11.3 Å². The minimum absolute atomic E-state index is 0.0265. The molecule has 0 saturated carbocycles. The van der Waals surface area contributed by atoms with Crippen molar-refractivity contribution in [2.45, 2.75) is 13.5 Å². The molecule has 0 radical (unpaired) electrons. The van der Waals surface area contributed by atoms with E-state index in [1.807, 2.05) is 42.5 Å². The molecule has 1 fully saturated rings. The number of nitrogens with zero attached hydrogens (tertiary/aromatic N) is 3. The zero-order valence-corrected chi connectivity index (χ0v) is 18.2. The molecule has 0 spiro atoms. The van der Waals surface area contributed by atoms with E-state index in [1.54, 1.807) is 18.9 Å². The highest BCUT2D eigenvalue weighted by molar-refractivity contribution is 7.14. The van der Waals surface area contributed by atoms with Gasteiger partial charge in [0.15, 0.2) is 5.13 Å². The van der Waals surface area contributed by atoms with Gasteiger partial charge >= 0.3 is 0 Å². The molecule has 2 aromatic carbocycles. The molecule has 1 saturated heterocycles. The van der Waals surface area contributed by atoms with Gasteiger partial charge in [-0.2, -0.15) is 0 Å². The first-order valence-electron chi connectivity index (χ1n) is 10.2. The summed E-state index contributed by atoms with van der Waals surface area (Å²) in [7, 11) is 1.70. The fraction of sp³-hybridized carbons (Fsp3) is 0.304. The van der Waals surface area contributed by atoms with Crippen molar-refractivity contribution in [2.24, 2.45) is 0 Å². The topological polar surface area (TPSA) is 50.1 Å². The quantitative estimate of drug-likeness (QED) is 0.662. The summed E-state index contributed by atoms with van der Waals surface area (Å²) in [4.78, 5) is 22.6. The Balaban J connectivity index is 1.38. The van der Waals surface area contributed by atoms with Gasteiger partial charge in [0.05, 0.1) is 39.0 Å². The van der Waals surface area contributed by atoms with Crippen LogP contribution in [-0.2, 0) is 11.3 Å². The molecule has 1 aliphatic heterocycles. The predicted molar refractivity (Wildman–Crippen MR) is 121 cm³/mol. The lowest BCUT2D eigenvalue weighted by Gasteiger charge is -2.33. The van der Waals surface area contributed by atoms with Crippen LogP contribution in [0.1, 0.15) is 12.6 Å². The molecule has 1 N–H and O–H groups in total. The van der Waals surface area contributed by atoms with Crippen LogP contribution in [-0.4, -0.2) is 44.2 Å². The summed E-state index contributed by atoms with van der Waals surface area (Å²) in [5, 5.41) is 2.81. The monoisotopic (exact) mass is 423 g/mol. The molecule has 0 atom stereocenters. The number of methoxy groups -OCH3 is 1. The lowest BCUT2D eigenvalue weighted by molar-refractivity contribution is -0.914. The van der Waals surface area contributed by atoms with E-state index in [9.17, 15) is 4.79 Å². The van der Waals surface area contributed by atoms with Crippen molar-refractivity contribution >= 4 is 33.8 Å². The van der Waals surface area contributed by atoms with Crippen molar-refractivity contribution < 1.29 is 14.4 Å². The Bertz CT molecular complexity index is 984. The molecular formula is C23H27N4O2S+. The van der Waals surface area contributed by atoms with Gasteiger partial charge in [0, 0.05) is 24.1 Å². The Hall–Kier alpha value is -2.90. The highest BCUT2D eigenvalue weighted by Gasteiger charge is 2.23. The first-order valence-corrected chi connectivity index (χ1v) is 11.0. The predicted octanol–water partition coefficient (Wildman–Crippen LogP) is 2.74. The van der Waals surface area contributed by atoms with Crippen LogP contribution in [0.2, 0.25) is 0 Å². The molecule has 30 heavy (non-hydrogen) atoms. The van der Waals surface area contributed by atoms with Gasteiger partial charge in [0.25, 0.3) is 0 Å². The first kappa shape index (κ1) is 20.4. The molecule has 6 nitrogen and oxygen atoms in total. The maximum absolute atomic E-state index is 12.2. The largest absolute Gasteiger partial charge is 0.497 e. The second kappa shape index (κ2) is 9.28. The lowest BCUT2D eigenvalue weighted by atomic mass is 10.2. The number of benzene rings is 2. The van der Waals surface area contributed by atoms with Gasteiger partial charge in [-0.05, 0) is 24.3 Å². The number of hydrogen-bond donors (Lipinski definition) is 1. The zero-order valence-electron chi connectivity index (χ0n) is 17.4. The van der Waals surface area contributed by atoms with Gasteiger partial charge < -0.3 is 14.5 Å². The standard InChI is InChI=1S/C23H26N4O2S/c1-18(28)27(20-7-4-3-5-8-20)23-24-19(17-30-23)16-25-11-13-26(14-12-25)21-9-6-10-22(15-21)29-2/h3-10,15,17H,11-14,16H2,1-2H3/p+1. The maximum Gasteiger partial charge on any atom is 0.230 e. The number of hydrogen-bond acceptors (Lipinski definition) is 5. The minimum atomic E-state index is -0.0265. The number of nitrogens with one attached hydrogen (secondary N) is 1. The summed E-state index contributed by atoms with van der Waals surface area (Å²) in [6.45, 7) is 6.57. The SMILES string of the molecule is COc1cccc(N2CC[NH+](Cc3csc(N(C(C)=O)c4ccccc4)n3)CC2)c1. The van der Waals surface area contributed by atoms with Crippen LogP contribution in [0.3, 0.4) is 0 Å². The number of carbonyl (C=O) groups excluding carboxylic acids is 1. The van der Waals surface area contributed by atoms with E-state index in [0.717, 1.165) is 55.0 Å². The third-order valence-corrected chi connectivity index (χ3v) is 6.25. The average molecular weight is 424 g/mol. The zero-order chi connectivity index (χ0) is 20.9. The van der Waals surface area contributed by atoms with Crippen molar-refractivity contribution in [3.63, 3.8) is 0 Å². The number of quaternary nitrogens is 1. The van der Waals surface area contributed by atoms with Gasteiger partial charge in [-0.3, -0.25) is 9.69 Å². The summed E-state index contributed by atoms with van der Waals surface area (Å²) < 4.78 is 5.35. The summed E-state index contributed by atoms with van der Waals surface area (Å²) in [6, 6.07) is 17.9. The first-order chi connectivity index (χ1) is 14.6. The highest BCUT2D eigenvalue weighted by Crippen LogP contribution is 2.28. The molecule has 2 heterocycles. The number of para-hydroxylation sites is 1. The Morgan fingerprint density at radius 2 is 1.93 bits per heavy atom. The van der Waals surface area contributed by atoms with E-state index in [2.05, 4.69) is 22.4 Å². The molecule has 1 amide bonds. The average Bonchev–Trinajstić information content (AvgIpc) is 3.22. The van der Waals surface area contributed by atoms with E-state index in [1.165, 1.54) is 21.9 Å². The van der Waals surface area contributed by atoms with E-state index in [0.29, 0.717) is 0 Å². The van der Waals surface area contributed by atoms with Crippen LogP contribution in [0.25, 0.3) is 0 Å². The Morgan fingerprint density at radius 1 is 1.17 bits per heavy atom. The second-order valence-electron chi connectivity index (χ2n) is 7.43. The van der Waals surface area contributed by atoms with E-state index < -0.39 is 0 Å². The molecule has 0 bridgehead atoms. The third-order valence-electron chi connectivity index (χ3n) is 5.38. The van der Waals surface area contributed by atoms with Gasteiger partial charge in [-0.1, -0.05) is 24.3 Å². The lowest BCUT2D eigenvalue weighted by Crippen LogP contribution is -3.13. The molecule has 0 unspecified atom stereocenters. The number of rotatable bonds is 6. The van der Waals surface area contributed by atoms with Crippen LogP contribution >= 0.6 is 11.3 Å². The van der Waals surface area contributed by atoms with E-state index in [4.69, 9.17) is 9.72 Å². The van der Waals surface area contributed by atoms with E-state index >= 15 is 0 Å². The van der Waals surface area contributed by atoms with Crippen LogP contribution in [0.4, 0.5) is 16.5 Å². The third kappa shape index (κ3) is 4.63. The van der Waals surface area contributed by atoms with Crippen LogP contribution in [0, 0.1) is 0 Å². The molecule has 3 aromatic rings. The minimum Gasteiger partial charge on any atom is -0.497 e. The summed E-state index contributed by atoms with van der Waals surface area (Å²) in [5.41, 5.74) is 3.11. The molecule has 7 heteroatoms. The molecule has 1 aromatic heterocycles. The number of amides is 1. The second-order valence-corrected chi connectivity index (χ2v) is 8.26. The van der Waals surface area contributed by atoms with Crippen LogP contribution in [0.15, 0.2) is 60.0 Å². The molecule has 156 valence electrons. The summed E-state index contributed by atoms with van der Waals surface area (Å²) in [5.74, 6) is 0.868. The van der Waals surface area contributed by atoms with Crippen molar-refractivity contribution in [3.8, 4) is 5.75 Å². The normalized spacial score (nSPS) is 14.5. The Morgan fingerprint density at radius 3 is 2.63 bits per heavy atom. The van der Waals surface area contributed by atoms with Crippen LogP contribution < -0.4 is 19.4 Å². The fourth-order valence-corrected chi connectivity index (χ4v) is 4.69.